The van der Waals surface area contributed by atoms with E-state index in [2.05, 4.69) is 30.2 Å². The smallest absolute Gasteiger partial charge is 0.123 e. The summed E-state index contributed by atoms with van der Waals surface area (Å²) in [7, 11) is 0. The van der Waals surface area contributed by atoms with Gasteiger partial charge >= 0.3 is 0 Å². The van der Waals surface area contributed by atoms with Crippen molar-refractivity contribution >= 4 is 0 Å². The molecular weight excluding hydrogens is 160 g/mol. The molecule has 1 atom stereocenters. The van der Waals surface area contributed by atoms with E-state index in [9.17, 15) is 0 Å². The highest BCUT2D eigenvalue weighted by Gasteiger charge is 2.36. The molecule has 0 radical (unpaired) electrons. The summed E-state index contributed by atoms with van der Waals surface area (Å²) >= 11 is 0. The number of allylic oxidation sites excluding steroid dienone is 1. The molecular formula is C11H16N2. The normalized spacial score (nSPS) is 31.1. The fourth-order valence-electron chi connectivity index (χ4n) is 2.25. The van der Waals surface area contributed by atoms with Crippen LogP contribution >= 0.6 is 0 Å². The van der Waals surface area contributed by atoms with Crippen molar-refractivity contribution in [3.63, 3.8) is 0 Å². The van der Waals surface area contributed by atoms with Gasteiger partial charge in [0.2, 0.25) is 0 Å². The Kier molecular flexibility index (Phi) is 2.06. The second-order valence-electron chi connectivity index (χ2n) is 4.22. The maximum absolute atomic E-state index is 4.39. The zero-order valence-corrected chi connectivity index (χ0v) is 8.38. The van der Waals surface area contributed by atoms with Crippen molar-refractivity contribution in [2.45, 2.75) is 45.1 Å². The number of fused-ring (bicyclic) bond motifs is 1. The molecule has 1 saturated carbocycles. The first kappa shape index (κ1) is 8.67. The van der Waals surface area contributed by atoms with Gasteiger partial charge in [-0.3, -0.25) is 0 Å². The van der Waals surface area contributed by atoms with Crippen LogP contribution < -0.4 is 0 Å². The van der Waals surface area contributed by atoms with E-state index in [0.717, 1.165) is 6.42 Å². The molecule has 13 heavy (non-hydrogen) atoms. The SMILES string of the molecule is CC(C)=CC12CCCCC1=CN=N2. The Labute approximate surface area is 79.4 Å². The predicted molar refractivity (Wildman–Crippen MR) is 53.6 cm³/mol. The van der Waals surface area contributed by atoms with Crippen molar-refractivity contribution in [2.75, 3.05) is 0 Å². The molecule has 1 aliphatic heterocycles. The highest BCUT2D eigenvalue weighted by Crippen LogP contribution is 2.41. The van der Waals surface area contributed by atoms with Gasteiger partial charge in [-0.25, -0.2) is 0 Å². The molecule has 0 bridgehead atoms. The van der Waals surface area contributed by atoms with Gasteiger partial charge in [0.1, 0.15) is 5.54 Å². The molecule has 2 heteroatoms. The van der Waals surface area contributed by atoms with Gasteiger partial charge in [0.05, 0.1) is 6.20 Å². The molecule has 0 spiro atoms. The Bertz CT molecular complexity index is 295. The zero-order valence-electron chi connectivity index (χ0n) is 8.38. The van der Waals surface area contributed by atoms with Gasteiger partial charge in [-0.2, -0.15) is 10.2 Å². The first-order valence-electron chi connectivity index (χ1n) is 5.00. The fraction of sp³-hybridized carbons (Fsp3) is 0.636. The third-order valence-corrected chi connectivity index (χ3v) is 2.79. The Morgan fingerprint density at radius 1 is 1.46 bits per heavy atom. The first-order chi connectivity index (χ1) is 6.23. The number of hydrogen-bond acceptors (Lipinski definition) is 2. The highest BCUT2D eigenvalue weighted by atomic mass is 15.2. The number of nitrogens with zero attached hydrogens (tertiary/aromatic N) is 2. The van der Waals surface area contributed by atoms with E-state index in [1.807, 2.05) is 6.20 Å². The minimum absolute atomic E-state index is 0.0307. The lowest BCUT2D eigenvalue weighted by Crippen LogP contribution is -2.27. The maximum atomic E-state index is 4.39. The summed E-state index contributed by atoms with van der Waals surface area (Å²) in [6.07, 6.45) is 9.13. The molecule has 1 heterocycles. The van der Waals surface area contributed by atoms with Crippen LogP contribution in [0.15, 0.2) is 33.7 Å². The fourth-order valence-corrected chi connectivity index (χ4v) is 2.25. The Morgan fingerprint density at radius 3 is 3.08 bits per heavy atom. The zero-order chi connectivity index (χ0) is 9.31. The van der Waals surface area contributed by atoms with E-state index in [-0.39, 0.29) is 5.54 Å². The predicted octanol–water partition coefficient (Wildman–Crippen LogP) is 3.62. The summed E-state index contributed by atoms with van der Waals surface area (Å²) in [5, 5.41) is 8.46. The van der Waals surface area contributed by atoms with E-state index < -0.39 is 0 Å². The summed E-state index contributed by atoms with van der Waals surface area (Å²) in [6, 6.07) is 0. The lowest BCUT2D eigenvalue weighted by molar-refractivity contribution is 0.454. The lowest BCUT2D eigenvalue weighted by atomic mass is 9.78. The van der Waals surface area contributed by atoms with E-state index in [1.54, 1.807) is 0 Å². The number of hydrogen-bond donors (Lipinski definition) is 0. The monoisotopic (exact) mass is 176 g/mol. The van der Waals surface area contributed by atoms with Gasteiger partial charge in [-0.1, -0.05) is 11.6 Å². The quantitative estimate of drug-likeness (QED) is 0.545. The van der Waals surface area contributed by atoms with Crippen molar-refractivity contribution in [3.05, 3.63) is 23.4 Å². The van der Waals surface area contributed by atoms with Crippen LogP contribution in [0.5, 0.6) is 0 Å². The second kappa shape index (κ2) is 3.09. The summed E-state index contributed by atoms with van der Waals surface area (Å²) in [4.78, 5) is 0. The third-order valence-electron chi connectivity index (χ3n) is 2.79. The Balaban J connectivity index is 2.33. The molecule has 1 fully saturated rings. The average Bonchev–Trinajstić information content (AvgIpc) is 2.45. The minimum atomic E-state index is -0.0307. The van der Waals surface area contributed by atoms with Gasteiger partial charge in [-0.15, -0.1) is 0 Å². The second-order valence-corrected chi connectivity index (χ2v) is 4.22. The molecule has 1 aliphatic carbocycles. The average molecular weight is 176 g/mol. The van der Waals surface area contributed by atoms with Crippen LogP contribution in [-0.4, -0.2) is 5.54 Å². The van der Waals surface area contributed by atoms with Crippen molar-refractivity contribution in [1.82, 2.24) is 0 Å². The van der Waals surface area contributed by atoms with Gasteiger partial charge in [0.15, 0.2) is 0 Å². The molecule has 0 aromatic carbocycles. The molecule has 1 unspecified atom stereocenters. The van der Waals surface area contributed by atoms with E-state index in [4.69, 9.17) is 0 Å². The molecule has 0 N–H and O–H groups in total. The Morgan fingerprint density at radius 2 is 2.31 bits per heavy atom. The summed E-state index contributed by atoms with van der Waals surface area (Å²) in [5.74, 6) is 0. The minimum Gasteiger partial charge on any atom is -0.174 e. The van der Waals surface area contributed by atoms with Crippen LogP contribution in [0.25, 0.3) is 0 Å². The van der Waals surface area contributed by atoms with Gasteiger partial charge < -0.3 is 0 Å². The van der Waals surface area contributed by atoms with E-state index in [1.165, 1.54) is 30.4 Å². The van der Waals surface area contributed by atoms with Crippen LogP contribution in [0.2, 0.25) is 0 Å². The summed E-state index contributed by atoms with van der Waals surface area (Å²) in [5.41, 5.74) is 2.73. The van der Waals surface area contributed by atoms with Crippen molar-refractivity contribution in [3.8, 4) is 0 Å². The molecule has 70 valence electrons. The van der Waals surface area contributed by atoms with Crippen LogP contribution in [0.3, 0.4) is 0 Å². The van der Waals surface area contributed by atoms with Crippen LogP contribution in [-0.2, 0) is 0 Å². The molecule has 2 nitrogen and oxygen atoms in total. The number of azo groups is 1. The van der Waals surface area contributed by atoms with Crippen molar-refractivity contribution in [1.29, 1.82) is 0 Å². The third kappa shape index (κ3) is 1.45. The van der Waals surface area contributed by atoms with E-state index in [0.29, 0.717) is 0 Å². The van der Waals surface area contributed by atoms with Gasteiger partial charge in [0.25, 0.3) is 0 Å². The van der Waals surface area contributed by atoms with Crippen LogP contribution in [0.4, 0.5) is 0 Å². The standard InChI is InChI=1S/C11H16N2/c1-9(2)7-11-6-4-3-5-10(11)8-12-13-11/h7-8H,3-6H2,1-2H3. The molecule has 0 saturated heterocycles. The summed E-state index contributed by atoms with van der Waals surface area (Å²) in [6.45, 7) is 4.27. The molecule has 0 aromatic heterocycles. The van der Waals surface area contributed by atoms with Crippen molar-refractivity contribution in [2.24, 2.45) is 10.2 Å². The van der Waals surface area contributed by atoms with E-state index >= 15 is 0 Å². The van der Waals surface area contributed by atoms with Crippen molar-refractivity contribution < 1.29 is 0 Å². The molecule has 0 amide bonds. The maximum Gasteiger partial charge on any atom is 0.123 e. The first-order valence-corrected chi connectivity index (χ1v) is 5.00. The van der Waals surface area contributed by atoms with Crippen LogP contribution in [0, 0.1) is 0 Å². The highest BCUT2D eigenvalue weighted by molar-refractivity contribution is 5.34. The largest absolute Gasteiger partial charge is 0.174 e. The van der Waals surface area contributed by atoms with Crippen LogP contribution in [0.1, 0.15) is 39.5 Å². The summed E-state index contributed by atoms with van der Waals surface area (Å²) < 4.78 is 0. The molecule has 2 aliphatic rings. The molecule has 2 rings (SSSR count). The van der Waals surface area contributed by atoms with Gasteiger partial charge in [-0.05, 0) is 45.1 Å². The van der Waals surface area contributed by atoms with Gasteiger partial charge in [0, 0.05) is 0 Å². The topological polar surface area (TPSA) is 24.7 Å². The lowest BCUT2D eigenvalue weighted by Gasteiger charge is -2.29. The molecule has 0 aromatic rings. The number of rotatable bonds is 1. The Hall–Kier alpha value is -0.920.